The Kier molecular flexibility index (Phi) is 4.44. The van der Waals surface area contributed by atoms with Crippen LogP contribution in [0, 0.1) is 10.1 Å². The number of nitrogen functional groups attached to an aromatic ring is 1. The number of H-pyrrole nitrogens is 1. The molecule has 0 aliphatic carbocycles. The van der Waals surface area contributed by atoms with Crippen molar-refractivity contribution in [1.82, 2.24) is 20.5 Å². The molecule has 1 aromatic carbocycles. The summed E-state index contributed by atoms with van der Waals surface area (Å²) in [5.41, 5.74) is 5.44. The van der Waals surface area contributed by atoms with Gasteiger partial charge in [0.2, 0.25) is 0 Å². The fourth-order valence-electron chi connectivity index (χ4n) is 1.75. The lowest BCUT2D eigenvalue weighted by molar-refractivity contribution is -0.383. The van der Waals surface area contributed by atoms with Gasteiger partial charge in [-0.2, -0.15) is 5.10 Å². The molecule has 4 N–H and O–H groups in total. The van der Waals surface area contributed by atoms with Crippen molar-refractivity contribution in [1.29, 1.82) is 0 Å². The summed E-state index contributed by atoms with van der Waals surface area (Å²) in [4.78, 5) is 26.0. The molecule has 1 aromatic heterocycles. The van der Waals surface area contributed by atoms with Gasteiger partial charge in [0.25, 0.3) is 11.6 Å². The minimum absolute atomic E-state index is 0.0295. The van der Waals surface area contributed by atoms with Crippen LogP contribution in [0.2, 0.25) is 0 Å². The van der Waals surface area contributed by atoms with E-state index < -0.39 is 4.92 Å². The summed E-state index contributed by atoms with van der Waals surface area (Å²) < 4.78 is 0. The van der Waals surface area contributed by atoms with Gasteiger partial charge in [-0.1, -0.05) is 0 Å². The number of carbonyl (C=O) groups is 1. The summed E-state index contributed by atoms with van der Waals surface area (Å²) in [6.07, 6.45) is 2.75. The Hall–Kier alpha value is -2.97. The summed E-state index contributed by atoms with van der Waals surface area (Å²) in [6.45, 7) is 0.428. The van der Waals surface area contributed by atoms with Crippen molar-refractivity contribution in [2.24, 2.45) is 0 Å². The first-order valence-electron chi connectivity index (χ1n) is 6.24. The second kappa shape index (κ2) is 6.46. The van der Waals surface area contributed by atoms with Crippen molar-refractivity contribution < 1.29 is 9.72 Å². The van der Waals surface area contributed by atoms with E-state index in [1.807, 2.05) is 0 Å². The van der Waals surface area contributed by atoms with Gasteiger partial charge in [0.1, 0.15) is 17.8 Å². The topological polar surface area (TPSA) is 140 Å². The molecule has 0 saturated carbocycles. The number of nitrogens with one attached hydrogen (secondary N) is 2. The van der Waals surface area contributed by atoms with Crippen molar-refractivity contribution in [3.8, 4) is 0 Å². The first-order chi connectivity index (χ1) is 10.1. The molecule has 0 radical (unpaired) electrons. The number of amides is 1. The molecule has 0 bridgehead atoms. The van der Waals surface area contributed by atoms with Crippen molar-refractivity contribution in [3.63, 3.8) is 0 Å². The molecule has 2 rings (SSSR count). The van der Waals surface area contributed by atoms with E-state index >= 15 is 0 Å². The number of hydrogen-bond donors (Lipinski definition) is 3. The Labute approximate surface area is 119 Å². The fourth-order valence-corrected chi connectivity index (χ4v) is 1.75. The molecule has 0 spiro atoms. The molecule has 110 valence electrons. The molecule has 21 heavy (non-hydrogen) atoms. The van der Waals surface area contributed by atoms with Crippen molar-refractivity contribution in [2.45, 2.75) is 12.8 Å². The third kappa shape index (κ3) is 3.75. The number of aryl methyl sites for hydroxylation is 1. The number of aromatic amines is 1. The number of anilines is 1. The average molecular weight is 290 g/mol. The molecule has 0 unspecified atom stereocenters. The molecular formula is C12H14N6O3. The van der Waals surface area contributed by atoms with E-state index in [9.17, 15) is 14.9 Å². The number of aromatic nitrogens is 3. The van der Waals surface area contributed by atoms with Gasteiger partial charge in [-0.05, 0) is 18.6 Å². The zero-order valence-corrected chi connectivity index (χ0v) is 11.1. The average Bonchev–Trinajstić information content (AvgIpc) is 2.96. The molecule has 1 amide bonds. The Morgan fingerprint density at radius 2 is 2.29 bits per heavy atom. The maximum atomic E-state index is 11.9. The van der Waals surface area contributed by atoms with Gasteiger partial charge in [-0.3, -0.25) is 20.0 Å². The molecular weight excluding hydrogens is 276 g/mol. The summed E-state index contributed by atoms with van der Waals surface area (Å²) in [7, 11) is 0. The molecule has 0 aliphatic heterocycles. The minimum atomic E-state index is -0.615. The van der Waals surface area contributed by atoms with Gasteiger partial charge in [-0.15, -0.1) is 0 Å². The smallest absolute Gasteiger partial charge is 0.292 e. The van der Waals surface area contributed by atoms with E-state index in [4.69, 9.17) is 5.73 Å². The number of benzene rings is 1. The summed E-state index contributed by atoms with van der Waals surface area (Å²) in [5, 5.41) is 19.9. The lowest BCUT2D eigenvalue weighted by Crippen LogP contribution is -2.25. The van der Waals surface area contributed by atoms with E-state index in [1.165, 1.54) is 24.5 Å². The van der Waals surface area contributed by atoms with E-state index in [-0.39, 0.29) is 22.8 Å². The van der Waals surface area contributed by atoms with Crippen molar-refractivity contribution >= 4 is 17.3 Å². The van der Waals surface area contributed by atoms with Gasteiger partial charge in [0.15, 0.2) is 0 Å². The SMILES string of the molecule is Nc1ccc(C(=O)NCCCc2ncn[nH]2)cc1[N+](=O)[O-]. The number of hydrogen-bond acceptors (Lipinski definition) is 6. The van der Waals surface area contributed by atoms with Crippen LogP contribution in [0.4, 0.5) is 11.4 Å². The molecule has 1 heterocycles. The molecule has 0 saturated heterocycles. The normalized spacial score (nSPS) is 10.3. The standard InChI is InChI=1S/C12H14N6O3/c13-9-4-3-8(6-10(9)18(20)21)12(19)14-5-1-2-11-15-7-16-17-11/h3-4,6-7H,1-2,5,13H2,(H,14,19)(H,15,16,17). The van der Waals surface area contributed by atoms with E-state index in [1.54, 1.807) is 0 Å². The molecule has 0 aliphatic rings. The molecule has 0 atom stereocenters. The quantitative estimate of drug-likeness (QED) is 0.309. The van der Waals surface area contributed by atoms with Crippen LogP contribution in [0.3, 0.4) is 0 Å². The van der Waals surface area contributed by atoms with Gasteiger partial charge in [-0.25, -0.2) is 4.98 Å². The van der Waals surface area contributed by atoms with Gasteiger partial charge >= 0.3 is 0 Å². The monoisotopic (exact) mass is 290 g/mol. The van der Waals surface area contributed by atoms with Crippen molar-refractivity contribution in [3.05, 3.63) is 46.0 Å². The maximum absolute atomic E-state index is 11.9. The minimum Gasteiger partial charge on any atom is -0.393 e. The van der Waals surface area contributed by atoms with Gasteiger partial charge < -0.3 is 11.1 Å². The third-order valence-corrected chi connectivity index (χ3v) is 2.83. The number of nitro benzene ring substituents is 1. The number of nitro groups is 1. The largest absolute Gasteiger partial charge is 0.393 e. The maximum Gasteiger partial charge on any atom is 0.292 e. The number of carbonyl (C=O) groups excluding carboxylic acids is 1. The lowest BCUT2D eigenvalue weighted by Gasteiger charge is -2.05. The Morgan fingerprint density at radius 3 is 2.95 bits per heavy atom. The number of rotatable bonds is 6. The Balaban J connectivity index is 1.88. The molecule has 9 nitrogen and oxygen atoms in total. The van der Waals surface area contributed by atoms with Crippen LogP contribution >= 0.6 is 0 Å². The molecule has 0 fully saturated rings. The molecule has 2 aromatic rings. The van der Waals surface area contributed by atoms with E-state index in [0.29, 0.717) is 19.4 Å². The van der Waals surface area contributed by atoms with Crippen LogP contribution in [-0.4, -0.2) is 32.6 Å². The Morgan fingerprint density at radius 1 is 1.48 bits per heavy atom. The first-order valence-corrected chi connectivity index (χ1v) is 6.24. The fraction of sp³-hybridized carbons (Fsp3) is 0.250. The summed E-state index contributed by atoms with van der Waals surface area (Å²) in [6, 6.07) is 3.97. The highest BCUT2D eigenvalue weighted by Crippen LogP contribution is 2.22. The lowest BCUT2D eigenvalue weighted by atomic mass is 10.1. The van der Waals surface area contributed by atoms with Crippen LogP contribution in [0.1, 0.15) is 22.6 Å². The van der Waals surface area contributed by atoms with E-state index in [2.05, 4.69) is 20.5 Å². The van der Waals surface area contributed by atoms with Crippen molar-refractivity contribution in [2.75, 3.05) is 12.3 Å². The molecule has 9 heteroatoms. The Bertz CT molecular complexity index is 640. The zero-order chi connectivity index (χ0) is 15.2. The van der Waals surface area contributed by atoms with Crippen LogP contribution in [0.15, 0.2) is 24.5 Å². The highest BCUT2D eigenvalue weighted by Gasteiger charge is 2.15. The number of nitrogens with zero attached hydrogens (tertiary/aromatic N) is 3. The second-order valence-corrected chi connectivity index (χ2v) is 4.32. The van der Waals surface area contributed by atoms with Crippen LogP contribution in [0.25, 0.3) is 0 Å². The first kappa shape index (κ1) is 14.4. The van der Waals surface area contributed by atoms with Gasteiger partial charge in [0, 0.05) is 24.6 Å². The predicted octanol–water partition coefficient (Wildman–Crippen LogP) is 0.658. The number of nitrogens with two attached hydrogens (primary N) is 1. The van der Waals surface area contributed by atoms with E-state index in [0.717, 1.165) is 5.82 Å². The third-order valence-electron chi connectivity index (χ3n) is 2.83. The van der Waals surface area contributed by atoms with Crippen LogP contribution in [0.5, 0.6) is 0 Å². The zero-order valence-electron chi connectivity index (χ0n) is 11.1. The van der Waals surface area contributed by atoms with Crippen LogP contribution in [-0.2, 0) is 6.42 Å². The van der Waals surface area contributed by atoms with Gasteiger partial charge in [0.05, 0.1) is 4.92 Å². The highest BCUT2D eigenvalue weighted by molar-refractivity contribution is 5.95. The summed E-state index contributed by atoms with van der Waals surface area (Å²) in [5.74, 6) is 0.364. The summed E-state index contributed by atoms with van der Waals surface area (Å²) >= 11 is 0. The van der Waals surface area contributed by atoms with Crippen LogP contribution < -0.4 is 11.1 Å². The predicted molar refractivity (Wildman–Crippen MR) is 74.5 cm³/mol. The second-order valence-electron chi connectivity index (χ2n) is 4.32. The highest BCUT2D eigenvalue weighted by atomic mass is 16.6.